The molecule has 1 rings (SSSR count). The average molecular weight is 332 g/mol. The summed E-state index contributed by atoms with van der Waals surface area (Å²) in [4.78, 5) is 11.6. The molecule has 115 valence electrons. The Bertz CT molecular complexity index is 580. The Morgan fingerprint density at radius 2 is 1.33 bits per heavy atom. The van der Waals surface area contributed by atoms with Crippen molar-refractivity contribution in [3.05, 3.63) is 29.6 Å². The molecular weight excluding hydrogens is 319 g/mol. The molecule has 24 heavy (non-hydrogen) atoms. The SMILES string of the molecule is CC(C)(C)OC(=O)COC[C]1[C](C#N)[C](C#N)[C](C#N)[C]1C#N.[Na+]. The van der Waals surface area contributed by atoms with Gasteiger partial charge in [0.1, 0.15) is 35.9 Å². The van der Waals surface area contributed by atoms with Crippen molar-refractivity contribution in [3.8, 4) is 24.3 Å². The Labute approximate surface area is 164 Å². The van der Waals surface area contributed by atoms with Crippen LogP contribution in [0.1, 0.15) is 20.8 Å². The van der Waals surface area contributed by atoms with Gasteiger partial charge in [0.2, 0.25) is 0 Å². The van der Waals surface area contributed by atoms with E-state index >= 15 is 0 Å². The molecule has 1 fully saturated rings. The first kappa shape index (κ1) is 22.4. The van der Waals surface area contributed by atoms with Crippen molar-refractivity contribution >= 4 is 5.97 Å². The fraction of sp³-hybridized carbons (Fsp3) is 0.375. The summed E-state index contributed by atoms with van der Waals surface area (Å²) in [6, 6.07) is 7.10. The molecule has 8 heteroatoms. The molecule has 5 radical (unpaired) electrons. The third kappa shape index (κ3) is 5.48. The summed E-state index contributed by atoms with van der Waals surface area (Å²) in [5.74, 6) is -0.923. The topological polar surface area (TPSA) is 131 Å². The van der Waals surface area contributed by atoms with Crippen molar-refractivity contribution < 1.29 is 43.8 Å². The minimum absolute atomic E-state index is 0. The Morgan fingerprint density at radius 1 is 0.917 bits per heavy atom. The van der Waals surface area contributed by atoms with Gasteiger partial charge in [0, 0.05) is 5.92 Å². The Kier molecular flexibility index (Phi) is 8.98. The van der Waals surface area contributed by atoms with E-state index in [1.807, 2.05) is 0 Å². The van der Waals surface area contributed by atoms with Gasteiger partial charge in [-0.2, -0.15) is 21.0 Å². The van der Waals surface area contributed by atoms with Crippen LogP contribution in [-0.4, -0.2) is 24.8 Å². The first-order valence-corrected chi connectivity index (χ1v) is 6.54. The Morgan fingerprint density at radius 3 is 1.67 bits per heavy atom. The monoisotopic (exact) mass is 332 g/mol. The van der Waals surface area contributed by atoms with Crippen LogP contribution >= 0.6 is 0 Å². The van der Waals surface area contributed by atoms with Crippen molar-refractivity contribution in [1.82, 2.24) is 0 Å². The maximum Gasteiger partial charge on any atom is 1.00 e. The molecule has 0 bridgehead atoms. The number of esters is 1. The van der Waals surface area contributed by atoms with Gasteiger partial charge >= 0.3 is 35.5 Å². The van der Waals surface area contributed by atoms with Gasteiger partial charge in [0.15, 0.2) is 0 Å². The molecule has 1 aliphatic rings. The second-order valence-corrected chi connectivity index (χ2v) is 5.51. The quantitative estimate of drug-likeness (QED) is 0.444. The number of hydrogen-bond donors (Lipinski definition) is 0. The summed E-state index contributed by atoms with van der Waals surface area (Å²) < 4.78 is 10.2. The van der Waals surface area contributed by atoms with Crippen LogP contribution in [0.2, 0.25) is 0 Å². The fourth-order valence-corrected chi connectivity index (χ4v) is 1.90. The van der Waals surface area contributed by atoms with Gasteiger partial charge in [-0.25, -0.2) is 4.79 Å². The van der Waals surface area contributed by atoms with Gasteiger partial charge < -0.3 is 9.47 Å². The molecular formula is C16H13N4NaO3+. The number of carbonyl (C=O) groups is 1. The smallest absolute Gasteiger partial charge is 0.458 e. The van der Waals surface area contributed by atoms with Gasteiger partial charge in [0.05, 0.1) is 30.9 Å². The molecule has 0 saturated heterocycles. The summed E-state index contributed by atoms with van der Waals surface area (Å²) in [7, 11) is 0. The van der Waals surface area contributed by atoms with E-state index in [2.05, 4.69) is 0 Å². The molecule has 0 aromatic rings. The maximum atomic E-state index is 11.6. The van der Waals surface area contributed by atoms with Gasteiger partial charge in [-0.3, -0.25) is 0 Å². The van der Waals surface area contributed by atoms with E-state index in [4.69, 9.17) is 30.5 Å². The predicted molar refractivity (Wildman–Crippen MR) is 75.3 cm³/mol. The Balaban J connectivity index is 0.00000529. The summed E-state index contributed by atoms with van der Waals surface area (Å²) in [6.45, 7) is 4.51. The van der Waals surface area contributed by atoms with E-state index < -0.39 is 11.6 Å². The molecule has 0 aromatic carbocycles. The number of ether oxygens (including phenoxy) is 2. The van der Waals surface area contributed by atoms with Crippen molar-refractivity contribution in [2.24, 2.45) is 0 Å². The summed E-state index contributed by atoms with van der Waals surface area (Å²) in [6.07, 6.45) is 0. The zero-order valence-electron chi connectivity index (χ0n) is 13.9. The zero-order chi connectivity index (χ0) is 17.6. The predicted octanol–water partition coefficient (Wildman–Crippen LogP) is -1.67. The molecule has 0 atom stereocenters. The number of hydrogen-bond acceptors (Lipinski definition) is 7. The number of carbonyl (C=O) groups excluding carboxylic acids is 1. The molecule has 1 aliphatic carbocycles. The van der Waals surface area contributed by atoms with Crippen molar-refractivity contribution in [2.75, 3.05) is 13.2 Å². The van der Waals surface area contributed by atoms with Crippen LogP contribution in [-0.2, 0) is 14.3 Å². The van der Waals surface area contributed by atoms with Crippen LogP contribution in [0.25, 0.3) is 0 Å². The van der Waals surface area contributed by atoms with E-state index in [9.17, 15) is 4.79 Å². The number of nitriles is 4. The zero-order valence-corrected chi connectivity index (χ0v) is 15.9. The number of rotatable bonds is 4. The van der Waals surface area contributed by atoms with Crippen molar-refractivity contribution in [1.29, 1.82) is 21.0 Å². The fourth-order valence-electron chi connectivity index (χ4n) is 1.90. The second-order valence-electron chi connectivity index (χ2n) is 5.51. The molecule has 1 saturated carbocycles. The van der Waals surface area contributed by atoms with Crippen LogP contribution in [0.4, 0.5) is 0 Å². The van der Waals surface area contributed by atoms with E-state index in [0.29, 0.717) is 0 Å². The molecule has 0 unspecified atom stereocenters. The second kappa shape index (κ2) is 9.63. The molecule has 0 aliphatic heterocycles. The Hall–Kier alpha value is -1.61. The van der Waals surface area contributed by atoms with Gasteiger partial charge in [-0.05, 0) is 20.8 Å². The van der Waals surface area contributed by atoms with Crippen LogP contribution < -0.4 is 29.6 Å². The van der Waals surface area contributed by atoms with Crippen LogP contribution in [0.3, 0.4) is 0 Å². The molecule has 0 spiro atoms. The van der Waals surface area contributed by atoms with E-state index in [1.165, 1.54) is 0 Å². The molecule has 0 heterocycles. The van der Waals surface area contributed by atoms with E-state index in [0.717, 1.165) is 0 Å². The number of nitrogens with zero attached hydrogens (tertiary/aromatic N) is 4. The minimum Gasteiger partial charge on any atom is -0.458 e. The molecule has 0 N–H and O–H groups in total. The summed E-state index contributed by atoms with van der Waals surface area (Å²) in [5, 5.41) is 36.4. The van der Waals surface area contributed by atoms with Gasteiger partial charge in [0.25, 0.3) is 0 Å². The minimum atomic E-state index is -0.654. The third-order valence-electron chi connectivity index (χ3n) is 2.69. The largest absolute Gasteiger partial charge is 1.00 e. The third-order valence-corrected chi connectivity index (χ3v) is 2.69. The van der Waals surface area contributed by atoms with Gasteiger partial charge in [-0.1, -0.05) is 0 Å². The van der Waals surface area contributed by atoms with Gasteiger partial charge in [-0.15, -0.1) is 0 Å². The summed E-state index contributed by atoms with van der Waals surface area (Å²) in [5.41, 5.74) is -0.654. The van der Waals surface area contributed by atoms with Crippen molar-refractivity contribution in [2.45, 2.75) is 26.4 Å². The normalized spacial score (nSPS) is 17.1. The molecule has 0 amide bonds. The summed E-state index contributed by atoms with van der Waals surface area (Å²) >= 11 is 0. The van der Waals surface area contributed by atoms with Crippen LogP contribution in [0.15, 0.2) is 0 Å². The van der Waals surface area contributed by atoms with Crippen LogP contribution in [0.5, 0.6) is 0 Å². The molecule has 0 aromatic heterocycles. The standard InChI is InChI=1S/C16H13N4O3.Na/c1-16(2,3)23-15(21)9-22-8-14-12(6-19)10(4-17)11(5-18)13(14)7-20;/h8-9H2,1-3H3;/q;+1. The first-order valence-electron chi connectivity index (χ1n) is 6.54. The average Bonchev–Trinajstić information content (AvgIpc) is 2.76. The van der Waals surface area contributed by atoms with E-state index in [-0.39, 0.29) is 72.4 Å². The van der Waals surface area contributed by atoms with Crippen molar-refractivity contribution in [3.63, 3.8) is 0 Å². The molecule has 7 nitrogen and oxygen atoms in total. The van der Waals surface area contributed by atoms with Crippen LogP contribution in [0, 0.1) is 74.9 Å². The van der Waals surface area contributed by atoms with E-state index in [1.54, 1.807) is 45.0 Å². The first-order chi connectivity index (χ1) is 10.8. The maximum absolute atomic E-state index is 11.6.